The van der Waals surface area contributed by atoms with E-state index < -0.39 is 0 Å². The van der Waals surface area contributed by atoms with Crippen LogP contribution in [0.4, 0.5) is 0 Å². The maximum atomic E-state index is 12.6. The Morgan fingerprint density at radius 1 is 1.00 bits per heavy atom. The fraction of sp³-hybridized carbons (Fsp3) is 0.133. The molecule has 1 nitrogen and oxygen atoms in total. The van der Waals surface area contributed by atoms with E-state index in [1.165, 1.54) is 0 Å². The molecule has 0 unspecified atom stereocenters. The zero-order chi connectivity index (χ0) is 14.2. The molecule has 98 valence electrons. The second kappa shape index (κ2) is 5.78. The van der Waals surface area contributed by atoms with Gasteiger partial charge in [-0.3, -0.25) is 4.79 Å². The average molecular weight is 403 g/mol. The van der Waals surface area contributed by atoms with Crippen LogP contribution in [0.3, 0.4) is 0 Å². The summed E-state index contributed by atoms with van der Waals surface area (Å²) in [6.45, 7) is 3.79. The minimum atomic E-state index is -0.00311. The Morgan fingerprint density at radius 2 is 1.68 bits per heavy atom. The van der Waals surface area contributed by atoms with E-state index in [4.69, 9.17) is 11.6 Å². The number of hydrogen-bond acceptors (Lipinski definition) is 1. The number of benzene rings is 2. The molecule has 0 N–H and O–H groups in total. The first-order chi connectivity index (χ1) is 8.90. The van der Waals surface area contributed by atoms with Crippen LogP contribution in [-0.2, 0) is 0 Å². The normalized spacial score (nSPS) is 10.6. The summed E-state index contributed by atoms with van der Waals surface area (Å²) in [6.07, 6.45) is 0. The minimum absolute atomic E-state index is 0.00311. The topological polar surface area (TPSA) is 17.1 Å². The molecule has 0 atom stereocenters. The Bertz CT molecular complexity index is 665. The van der Waals surface area contributed by atoms with E-state index in [-0.39, 0.29) is 5.78 Å². The Balaban J connectivity index is 2.53. The van der Waals surface area contributed by atoms with Crippen LogP contribution >= 0.6 is 43.5 Å². The number of rotatable bonds is 2. The SMILES string of the molecule is Cc1cc(C(=O)c2ccc(Br)cc2Br)c(C)cc1Cl. The first-order valence-electron chi connectivity index (χ1n) is 5.66. The Kier molecular flexibility index (Phi) is 4.49. The Morgan fingerprint density at radius 3 is 2.32 bits per heavy atom. The molecule has 0 aliphatic carbocycles. The molecule has 2 rings (SSSR count). The number of carbonyl (C=O) groups is 1. The smallest absolute Gasteiger partial charge is 0.194 e. The van der Waals surface area contributed by atoms with E-state index in [0.29, 0.717) is 16.1 Å². The predicted octanol–water partition coefficient (Wildman–Crippen LogP) is 5.71. The average Bonchev–Trinajstić information content (AvgIpc) is 2.33. The van der Waals surface area contributed by atoms with E-state index in [1.54, 1.807) is 6.07 Å². The van der Waals surface area contributed by atoms with Gasteiger partial charge in [-0.1, -0.05) is 27.5 Å². The largest absolute Gasteiger partial charge is 0.289 e. The molecule has 2 aromatic rings. The van der Waals surface area contributed by atoms with Crippen molar-refractivity contribution in [2.45, 2.75) is 13.8 Å². The molecule has 0 aromatic heterocycles. The molecule has 0 radical (unpaired) electrons. The van der Waals surface area contributed by atoms with Crippen molar-refractivity contribution in [1.82, 2.24) is 0 Å². The molecule has 19 heavy (non-hydrogen) atoms. The van der Waals surface area contributed by atoms with Gasteiger partial charge in [0, 0.05) is 25.1 Å². The third-order valence-corrected chi connectivity index (χ3v) is 4.48. The molecule has 0 bridgehead atoms. The first kappa shape index (κ1) is 14.8. The van der Waals surface area contributed by atoms with Crippen molar-refractivity contribution < 1.29 is 4.79 Å². The molecular formula is C15H11Br2ClO. The molecule has 0 aliphatic rings. The second-order valence-corrected chi connectivity index (χ2v) is 6.55. The molecule has 0 fully saturated rings. The first-order valence-corrected chi connectivity index (χ1v) is 7.63. The number of ketones is 1. The summed E-state index contributed by atoms with van der Waals surface area (Å²) < 4.78 is 1.71. The zero-order valence-corrected chi connectivity index (χ0v) is 14.4. The van der Waals surface area contributed by atoms with E-state index in [9.17, 15) is 4.79 Å². The summed E-state index contributed by atoms with van der Waals surface area (Å²) >= 11 is 12.9. The summed E-state index contributed by atoms with van der Waals surface area (Å²) in [5.74, 6) is -0.00311. The van der Waals surface area contributed by atoms with Gasteiger partial charge in [0.1, 0.15) is 0 Å². The van der Waals surface area contributed by atoms with Gasteiger partial charge in [0.05, 0.1) is 0 Å². The molecule has 0 aliphatic heterocycles. The number of hydrogen-bond donors (Lipinski definition) is 0. The zero-order valence-electron chi connectivity index (χ0n) is 10.4. The summed E-state index contributed by atoms with van der Waals surface area (Å²) in [5.41, 5.74) is 3.12. The molecule has 0 heterocycles. The van der Waals surface area contributed by atoms with Gasteiger partial charge in [-0.2, -0.15) is 0 Å². The van der Waals surface area contributed by atoms with Crippen molar-refractivity contribution in [3.63, 3.8) is 0 Å². The van der Waals surface area contributed by atoms with Gasteiger partial charge in [-0.15, -0.1) is 0 Å². The summed E-state index contributed by atoms with van der Waals surface area (Å²) in [5, 5.41) is 0.684. The van der Waals surface area contributed by atoms with Crippen molar-refractivity contribution in [2.24, 2.45) is 0 Å². The maximum absolute atomic E-state index is 12.6. The van der Waals surface area contributed by atoms with Crippen LogP contribution in [0, 0.1) is 13.8 Å². The van der Waals surface area contributed by atoms with Crippen LogP contribution in [-0.4, -0.2) is 5.78 Å². The Hall–Kier alpha value is -0.640. The fourth-order valence-corrected chi connectivity index (χ4v) is 3.29. The molecule has 2 aromatic carbocycles. The van der Waals surface area contributed by atoms with Crippen LogP contribution < -0.4 is 0 Å². The summed E-state index contributed by atoms with van der Waals surface area (Å²) in [4.78, 5) is 12.6. The second-order valence-electron chi connectivity index (χ2n) is 4.37. The Labute approximate surface area is 134 Å². The van der Waals surface area contributed by atoms with Gasteiger partial charge in [-0.05, 0) is 71.2 Å². The molecule has 4 heteroatoms. The number of carbonyl (C=O) groups excluding carboxylic acids is 1. The van der Waals surface area contributed by atoms with Crippen molar-refractivity contribution in [3.05, 3.63) is 66.6 Å². The van der Waals surface area contributed by atoms with E-state index in [2.05, 4.69) is 31.9 Å². The molecule has 0 spiro atoms. The van der Waals surface area contributed by atoms with Gasteiger partial charge >= 0.3 is 0 Å². The number of halogens is 3. The van der Waals surface area contributed by atoms with Crippen LogP contribution in [0.25, 0.3) is 0 Å². The van der Waals surface area contributed by atoms with Crippen molar-refractivity contribution in [3.8, 4) is 0 Å². The summed E-state index contributed by atoms with van der Waals surface area (Å²) in [6, 6.07) is 9.20. The van der Waals surface area contributed by atoms with Crippen LogP contribution in [0.5, 0.6) is 0 Å². The van der Waals surface area contributed by atoms with E-state index in [0.717, 1.165) is 20.1 Å². The van der Waals surface area contributed by atoms with E-state index in [1.807, 2.05) is 38.1 Å². The van der Waals surface area contributed by atoms with Crippen LogP contribution in [0.2, 0.25) is 5.02 Å². The lowest BCUT2D eigenvalue weighted by Crippen LogP contribution is -2.05. The van der Waals surface area contributed by atoms with Gasteiger partial charge in [0.2, 0.25) is 0 Å². The van der Waals surface area contributed by atoms with Gasteiger partial charge in [0.25, 0.3) is 0 Å². The highest BCUT2D eigenvalue weighted by Gasteiger charge is 2.16. The van der Waals surface area contributed by atoms with E-state index >= 15 is 0 Å². The lowest BCUT2D eigenvalue weighted by Gasteiger charge is -2.09. The third-order valence-electron chi connectivity index (χ3n) is 2.93. The summed E-state index contributed by atoms with van der Waals surface area (Å²) in [7, 11) is 0. The van der Waals surface area contributed by atoms with Crippen LogP contribution in [0.15, 0.2) is 39.3 Å². The molecule has 0 saturated carbocycles. The minimum Gasteiger partial charge on any atom is -0.289 e. The van der Waals surface area contributed by atoms with Crippen molar-refractivity contribution in [2.75, 3.05) is 0 Å². The highest BCUT2D eigenvalue weighted by molar-refractivity contribution is 9.11. The molecule has 0 saturated heterocycles. The lowest BCUT2D eigenvalue weighted by molar-refractivity contribution is 0.103. The maximum Gasteiger partial charge on any atom is 0.194 e. The fourth-order valence-electron chi connectivity index (χ4n) is 1.84. The third kappa shape index (κ3) is 3.10. The van der Waals surface area contributed by atoms with Crippen molar-refractivity contribution in [1.29, 1.82) is 0 Å². The van der Waals surface area contributed by atoms with Gasteiger partial charge in [0.15, 0.2) is 5.78 Å². The predicted molar refractivity (Wildman–Crippen MR) is 86.2 cm³/mol. The van der Waals surface area contributed by atoms with Gasteiger partial charge in [-0.25, -0.2) is 0 Å². The van der Waals surface area contributed by atoms with Crippen molar-refractivity contribution >= 4 is 49.2 Å². The molecule has 0 amide bonds. The number of aryl methyl sites for hydroxylation is 2. The highest BCUT2D eigenvalue weighted by Crippen LogP contribution is 2.27. The standard InChI is InChI=1S/C15H11Br2ClO/c1-8-6-14(18)9(2)5-12(8)15(19)11-4-3-10(16)7-13(11)17/h3-7H,1-2H3. The monoisotopic (exact) mass is 400 g/mol. The quantitative estimate of drug-likeness (QED) is 0.588. The molecular weight excluding hydrogens is 391 g/mol. The highest BCUT2D eigenvalue weighted by atomic mass is 79.9. The van der Waals surface area contributed by atoms with Gasteiger partial charge < -0.3 is 0 Å². The van der Waals surface area contributed by atoms with Crippen LogP contribution in [0.1, 0.15) is 27.0 Å². The lowest BCUT2D eigenvalue weighted by atomic mass is 9.97.